The van der Waals surface area contributed by atoms with Crippen molar-refractivity contribution in [2.75, 3.05) is 0 Å². The van der Waals surface area contributed by atoms with Gasteiger partial charge < -0.3 is 15.2 Å². The molecule has 0 aliphatic rings. The Hall–Kier alpha value is -2.90. The van der Waals surface area contributed by atoms with Crippen LogP contribution >= 0.6 is 0 Å². The van der Waals surface area contributed by atoms with Gasteiger partial charge in [-0.25, -0.2) is 14.3 Å². The Bertz CT molecular complexity index is 777. The molecule has 0 bridgehead atoms. The van der Waals surface area contributed by atoms with Crippen LogP contribution < -0.4 is 5.32 Å². The van der Waals surface area contributed by atoms with Gasteiger partial charge in [0, 0.05) is 0 Å². The van der Waals surface area contributed by atoms with Crippen LogP contribution in [0.4, 0.5) is 4.79 Å². The van der Waals surface area contributed by atoms with Crippen LogP contribution in [0.1, 0.15) is 48.1 Å². The maximum absolute atomic E-state index is 11.8. The molecular weight excluding hydrogens is 324 g/mol. The Morgan fingerprint density at radius 3 is 2.64 bits per heavy atom. The van der Waals surface area contributed by atoms with Crippen molar-refractivity contribution in [2.24, 2.45) is 0 Å². The monoisotopic (exact) mass is 346 g/mol. The highest BCUT2D eigenvalue weighted by Crippen LogP contribution is 2.12. The van der Waals surface area contributed by atoms with Gasteiger partial charge in [0.25, 0.3) is 0 Å². The Morgan fingerprint density at radius 2 is 2.04 bits per heavy atom. The van der Waals surface area contributed by atoms with E-state index in [0.717, 1.165) is 11.1 Å². The fourth-order valence-electron chi connectivity index (χ4n) is 2.25. The molecule has 8 nitrogen and oxygen atoms in total. The number of aromatic carboxylic acids is 1. The van der Waals surface area contributed by atoms with E-state index in [0.29, 0.717) is 12.2 Å². The molecule has 0 aliphatic heterocycles. The number of nitrogens with one attached hydrogen (secondary N) is 1. The fourth-order valence-corrected chi connectivity index (χ4v) is 2.25. The lowest BCUT2D eigenvalue weighted by atomic mass is 10.1. The molecule has 0 aliphatic carbocycles. The molecule has 0 atom stereocenters. The predicted octanol–water partition coefficient (Wildman–Crippen LogP) is 2.36. The summed E-state index contributed by atoms with van der Waals surface area (Å²) in [6, 6.07) is 7.78. The molecule has 1 amide bonds. The highest BCUT2D eigenvalue weighted by Gasteiger charge is 2.21. The van der Waals surface area contributed by atoms with Crippen molar-refractivity contribution in [3.8, 4) is 0 Å². The molecule has 8 heteroatoms. The van der Waals surface area contributed by atoms with Crippen LogP contribution in [0.25, 0.3) is 0 Å². The summed E-state index contributed by atoms with van der Waals surface area (Å²) < 4.78 is 6.63. The SMILES string of the molecule is Cc1cccc(Cn2nnc(C(=O)O)c2CNC(=O)OC(C)(C)C)c1. The number of alkyl carbamates (subject to hydrolysis) is 1. The number of carboxylic acids is 1. The van der Waals surface area contributed by atoms with Crippen LogP contribution in [-0.4, -0.2) is 37.8 Å². The summed E-state index contributed by atoms with van der Waals surface area (Å²) >= 11 is 0. The summed E-state index contributed by atoms with van der Waals surface area (Å²) in [6.45, 7) is 7.53. The first-order valence-corrected chi connectivity index (χ1v) is 7.84. The van der Waals surface area contributed by atoms with Crippen molar-refractivity contribution in [1.29, 1.82) is 0 Å². The van der Waals surface area contributed by atoms with Gasteiger partial charge in [-0.1, -0.05) is 35.0 Å². The number of rotatable bonds is 5. The van der Waals surface area contributed by atoms with Gasteiger partial charge in [-0.05, 0) is 33.3 Å². The second kappa shape index (κ2) is 7.33. The van der Waals surface area contributed by atoms with Gasteiger partial charge in [-0.2, -0.15) is 0 Å². The topological polar surface area (TPSA) is 106 Å². The third kappa shape index (κ3) is 5.30. The molecule has 0 fully saturated rings. The predicted molar refractivity (Wildman–Crippen MR) is 90.3 cm³/mol. The number of hydrogen-bond donors (Lipinski definition) is 2. The van der Waals surface area contributed by atoms with E-state index in [1.165, 1.54) is 4.68 Å². The van der Waals surface area contributed by atoms with Gasteiger partial charge in [-0.15, -0.1) is 5.10 Å². The molecule has 0 unspecified atom stereocenters. The van der Waals surface area contributed by atoms with Crippen LogP contribution in [-0.2, 0) is 17.8 Å². The van der Waals surface area contributed by atoms with E-state index in [2.05, 4.69) is 15.6 Å². The van der Waals surface area contributed by atoms with Crippen molar-refractivity contribution in [1.82, 2.24) is 20.3 Å². The molecule has 0 spiro atoms. The van der Waals surface area contributed by atoms with E-state index in [9.17, 15) is 14.7 Å². The van der Waals surface area contributed by atoms with Crippen molar-refractivity contribution in [3.63, 3.8) is 0 Å². The number of aromatic nitrogens is 3. The minimum Gasteiger partial charge on any atom is -0.476 e. The van der Waals surface area contributed by atoms with Crippen molar-refractivity contribution < 1.29 is 19.4 Å². The first-order valence-electron chi connectivity index (χ1n) is 7.84. The second-order valence-corrected chi connectivity index (χ2v) is 6.69. The number of hydrogen-bond acceptors (Lipinski definition) is 5. The normalized spacial score (nSPS) is 11.2. The first-order chi connectivity index (χ1) is 11.7. The highest BCUT2D eigenvalue weighted by atomic mass is 16.6. The average Bonchev–Trinajstić information content (AvgIpc) is 2.86. The third-order valence-electron chi connectivity index (χ3n) is 3.25. The Kier molecular flexibility index (Phi) is 5.41. The Balaban J connectivity index is 2.18. The quantitative estimate of drug-likeness (QED) is 0.861. The molecule has 1 heterocycles. The molecule has 2 aromatic rings. The zero-order valence-electron chi connectivity index (χ0n) is 14.7. The molecule has 0 saturated heterocycles. The van der Waals surface area contributed by atoms with Crippen LogP contribution in [0.3, 0.4) is 0 Å². The van der Waals surface area contributed by atoms with E-state index in [-0.39, 0.29) is 12.2 Å². The molecular formula is C17H22N4O4. The number of carbonyl (C=O) groups excluding carboxylic acids is 1. The van der Waals surface area contributed by atoms with E-state index in [1.54, 1.807) is 20.8 Å². The molecule has 2 N–H and O–H groups in total. The lowest BCUT2D eigenvalue weighted by Crippen LogP contribution is -2.33. The summed E-state index contributed by atoms with van der Waals surface area (Å²) in [7, 11) is 0. The largest absolute Gasteiger partial charge is 0.476 e. The Morgan fingerprint density at radius 1 is 1.32 bits per heavy atom. The van der Waals surface area contributed by atoms with Crippen molar-refractivity contribution >= 4 is 12.1 Å². The van der Waals surface area contributed by atoms with Crippen LogP contribution in [0.2, 0.25) is 0 Å². The van der Waals surface area contributed by atoms with Gasteiger partial charge in [0.05, 0.1) is 18.8 Å². The summed E-state index contributed by atoms with van der Waals surface area (Å²) in [4.78, 5) is 23.2. The van der Waals surface area contributed by atoms with Crippen molar-refractivity contribution in [2.45, 2.75) is 46.4 Å². The van der Waals surface area contributed by atoms with E-state index < -0.39 is 17.7 Å². The minimum atomic E-state index is -1.20. The van der Waals surface area contributed by atoms with E-state index in [4.69, 9.17) is 4.74 Å². The van der Waals surface area contributed by atoms with Gasteiger partial charge in [0.1, 0.15) is 5.60 Å². The zero-order valence-corrected chi connectivity index (χ0v) is 14.7. The van der Waals surface area contributed by atoms with Gasteiger partial charge >= 0.3 is 12.1 Å². The van der Waals surface area contributed by atoms with Crippen LogP contribution in [0, 0.1) is 6.92 Å². The smallest absolute Gasteiger partial charge is 0.407 e. The average molecular weight is 346 g/mol. The lowest BCUT2D eigenvalue weighted by molar-refractivity contribution is 0.0519. The van der Waals surface area contributed by atoms with Gasteiger partial charge in [-0.3, -0.25) is 0 Å². The van der Waals surface area contributed by atoms with Crippen molar-refractivity contribution in [3.05, 3.63) is 46.8 Å². The minimum absolute atomic E-state index is 0.0463. The summed E-state index contributed by atoms with van der Waals surface area (Å²) in [5, 5.41) is 19.4. The number of carboxylic acid groups (broad SMARTS) is 1. The fraction of sp³-hybridized carbons (Fsp3) is 0.412. The number of amides is 1. The van der Waals surface area contributed by atoms with Crippen LogP contribution in [0.15, 0.2) is 24.3 Å². The van der Waals surface area contributed by atoms with Gasteiger partial charge in [0.2, 0.25) is 0 Å². The van der Waals surface area contributed by atoms with Gasteiger partial charge in [0.15, 0.2) is 5.69 Å². The first kappa shape index (κ1) is 18.4. The number of ether oxygens (including phenoxy) is 1. The lowest BCUT2D eigenvalue weighted by Gasteiger charge is -2.19. The standard InChI is InChI=1S/C17H22N4O4/c1-11-6-5-7-12(8-11)10-21-13(14(15(22)23)19-20-21)9-18-16(24)25-17(2,3)4/h5-8H,9-10H2,1-4H3,(H,18,24)(H,22,23). The molecule has 1 aromatic carbocycles. The number of carbonyl (C=O) groups is 2. The summed E-state index contributed by atoms with van der Waals surface area (Å²) in [6.07, 6.45) is -0.632. The van der Waals surface area contributed by atoms with E-state index in [1.807, 2.05) is 31.2 Å². The Labute approximate surface area is 145 Å². The summed E-state index contributed by atoms with van der Waals surface area (Å²) in [5.41, 5.74) is 1.52. The van der Waals surface area contributed by atoms with Crippen LogP contribution in [0.5, 0.6) is 0 Å². The summed E-state index contributed by atoms with van der Waals surface area (Å²) in [5.74, 6) is -1.20. The number of aryl methyl sites for hydroxylation is 1. The highest BCUT2D eigenvalue weighted by molar-refractivity contribution is 5.86. The maximum Gasteiger partial charge on any atom is 0.407 e. The molecule has 0 radical (unpaired) electrons. The molecule has 134 valence electrons. The molecule has 0 saturated carbocycles. The number of benzene rings is 1. The molecule has 1 aromatic heterocycles. The molecule has 2 rings (SSSR count). The zero-order chi connectivity index (χ0) is 18.6. The number of nitrogens with zero attached hydrogens (tertiary/aromatic N) is 3. The second-order valence-electron chi connectivity index (χ2n) is 6.69. The van der Waals surface area contributed by atoms with E-state index >= 15 is 0 Å². The maximum atomic E-state index is 11.8. The molecule has 25 heavy (non-hydrogen) atoms. The third-order valence-corrected chi connectivity index (χ3v) is 3.25.